The summed E-state index contributed by atoms with van der Waals surface area (Å²) in [6.45, 7) is 5.48. The maximum atomic E-state index is 12.2. The minimum atomic E-state index is -0.0292. The van der Waals surface area contributed by atoms with Crippen molar-refractivity contribution < 1.29 is 4.79 Å². The highest BCUT2D eigenvalue weighted by molar-refractivity contribution is 5.74. The summed E-state index contributed by atoms with van der Waals surface area (Å²) >= 11 is 0. The number of carbonyl (C=O) groups is 1. The third kappa shape index (κ3) is 3.98. The van der Waals surface area contributed by atoms with Crippen LogP contribution in [0.3, 0.4) is 0 Å². The summed E-state index contributed by atoms with van der Waals surface area (Å²) < 4.78 is 0. The van der Waals surface area contributed by atoms with Gasteiger partial charge in [0.05, 0.1) is 12.1 Å². The van der Waals surface area contributed by atoms with E-state index >= 15 is 0 Å². The number of amides is 2. The van der Waals surface area contributed by atoms with Crippen molar-refractivity contribution >= 4 is 6.03 Å². The third-order valence-corrected chi connectivity index (χ3v) is 4.19. The first kappa shape index (κ1) is 15.4. The van der Waals surface area contributed by atoms with Crippen molar-refractivity contribution in [1.29, 1.82) is 5.26 Å². The van der Waals surface area contributed by atoms with Crippen molar-refractivity contribution in [2.24, 2.45) is 5.92 Å². The Bertz CT molecular complexity index is 510. The predicted molar refractivity (Wildman–Crippen MR) is 82.7 cm³/mol. The van der Waals surface area contributed by atoms with Gasteiger partial charge in [-0.05, 0) is 37.3 Å². The molecule has 1 atom stereocenters. The molecule has 4 heteroatoms. The number of nitrogens with one attached hydrogen (secondary N) is 1. The fourth-order valence-electron chi connectivity index (χ4n) is 2.61. The Balaban J connectivity index is 1.88. The SMILES string of the molecule is CCc1ccc(C(C)NC(=O)N2CCC(C#N)CC2)cc1. The van der Waals surface area contributed by atoms with E-state index in [2.05, 4.69) is 42.6 Å². The fraction of sp³-hybridized carbons (Fsp3) is 0.529. The van der Waals surface area contributed by atoms with Gasteiger partial charge in [0.2, 0.25) is 0 Å². The summed E-state index contributed by atoms with van der Waals surface area (Å²) in [5.41, 5.74) is 2.42. The highest BCUT2D eigenvalue weighted by Gasteiger charge is 2.23. The van der Waals surface area contributed by atoms with Gasteiger partial charge in [-0.25, -0.2) is 4.79 Å². The van der Waals surface area contributed by atoms with Crippen LogP contribution < -0.4 is 5.32 Å². The average Bonchev–Trinajstić information content (AvgIpc) is 2.55. The first-order valence-corrected chi connectivity index (χ1v) is 7.68. The zero-order chi connectivity index (χ0) is 15.2. The Morgan fingerprint density at radius 2 is 2.00 bits per heavy atom. The molecule has 112 valence electrons. The molecule has 1 unspecified atom stereocenters. The lowest BCUT2D eigenvalue weighted by Gasteiger charge is -2.30. The minimum absolute atomic E-state index is 0.00269. The zero-order valence-electron chi connectivity index (χ0n) is 12.8. The molecule has 1 heterocycles. The number of hydrogen-bond acceptors (Lipinski definition) is 2. The van der Waals surface area contributed by atoms with Crippen molar-refractivity contribution in [2.45, 2.75) is 39.2 Å². The van der Waals surface area contributed by atoms with E-state index in [9.17, 15) is 4.79 Å². The summed E-state index contributed by atoms with van der Waals surface area (Å²) in [6, 6.07) is 10.6. The summed E-state index contributed by atoms with van der Waals surface area (Å²) in [4.78, 5) is 14.0. The molecule has 0 aromatic heterocycles. The van der Waals surface area contributed by atoms with Crippen molar-refractivity contribution in [3.63, 3.8) is 0 Å². The molecule has 2 amide bonds. The van der Waals surface area contributed by atoms with Gasteiger partial charge in [-0.2, -0.15) is 5.26 Å². The molecule has 0 bridgehead atoms. The van der Waals surface area contributed by atoms with Gasteiger partial charge in [-0.1, -0.05) is 31.2 Å². The summed E-state index contributed by atoms with van der Waals surface area (Å²) in [7, 11) is 0. The van der Waals surface area contributed by atoms with E-state index in [0.29, 0.717) is 13.1 Å². The van der Waals surface area contributed by atoms with Gasteiger partial charge in [0.25, 0.3) is 0 Å². The molecule has 2 rings (SSSR count). The number of likely N-dealkylation sites (tertiary alicyclic amines) is 1. The lowest BCUT2D eigenvalue weighted by atomic mass is 9.99. The second-order valence-corrected chi connectivity index (χ2v) is 5.66. The number of nitriles is 1. The van der Waals surface area contributed by atoms with Crippen molar-refractivity contribution in [3.8, 4) is 6.07 Å². The molecule has 1 aromatic carbocycles. The zero-order valence-corrected chi connectivity index (χ0v) is 12.8. The van der Waals surface area contributed by atoms with Crippen LogP contribution in [-0.2, 0) is 6.42 Å². The summed E-state index contributed by atoms with van der Waals surface area (Å²) in [5, 5.41) is 11.9. The molecule has 1 aliphatic heterocycles. The van der Waals surface area contributed by atoms with Crippen LogP contribution >= 0.6 is 0 Å². The number of aryl methyl sites for hydroxylation is 1. The number of urea groups is 1. The van der Waals surface area contributed by atoms with Gasteiger partial charge in [0.15, 0.2) is 0 Å². The van der Waals surface area contributed by atoms with Crippen LogP contribution in [-0.4, -0.2) is 24.0 Å². The van der Waals surface area contributed by atoms with Crippen LogP contribution in [0, 0.1) is 17.2 Å². The van der Waals surface area contributed by atoms with Crippen LogP contribution in [0.15, 0.2) is 24.3 Å². The minimum Gasteiger partial charge on any atom is -0.331 e. The van der Waals surface area contributed by atoms with Crippen LogP contribution in [0.25, 0.3) is 0 Å². The van der Waals surface area contributed by atoms with Gasteiger partial charge >= 0.3 is 6.03 Å². The molecule has 0 aliphatic carbocycles. The fourth-order valence-corrected chi connectivity index (χ4v) is 2.61. The van der Waals surface area contributed by atoms with E-state index in [1.54, 1.807) is 0 Å². The van der Waals surface area contributed by atoms with Gasteiger partial charge in [0, 0.05) is 19.0 Å². The number of carbonyl (C=O) groups excluding carboxylic acids is 1. The Hall–Kier alpha value is -2.02. The smallest absolute Gasteiger partial charge is 0.317 e. The van der Waals surface area contributed by atoms with Crippen LogP contribution in [0.1, 0.15) is 43.9 Å². The first-order valence-electron chi connectivity index (χ1n) is 7.68. The van der Waals surface area contributed by atoms with Crippen LogP contribution in [0.5, 0.6) is 0 Å². The average molecular weight is 285 g/mol. The molecule has 0 saturated carbocycles. The summed E-state index contributed by atoms with van der Waals surface area (Å²) in [6.07, 6.45) is 2.59. The lowest BCUT2D eigenvalue weighted by molar-refractivity contribution is 0.176. The molecule has 0 radical (unpaired) electrons. The first-order chi connectivity index (χ1) is 10.1. The second-order valence-electron chi connectivity index (χ2n) is 5.66. The molecule has 1 aromatic rings. The number of rotatable bonds is 3. The Morgan fingerprint density at radius 3 is 2.52 bits per heavy atom. The van der Waals surface area contributed by atoms with E-state index < -0.39 is 0 Å². The number of piperidine rings is 1. The largest absolute Gasteiger partial charge is 0.331 e. The number of hydrogen-bond donors (Lipinski definition) is 1. The van der Waals surface area contributed by atoms with E-state index in [1.165, 1.54) is 5.56 Å². The number of nitrogens with zero attached hydrogens (tertiary/aromatic N) is 2. The quantitative estimate of drug-likeness (QED) is 0.926. The van der Waals surface area contributed by atoms with Crippen molar-refractivity contribution in [2.75, 3.05) is 13.1 Å². The molecule has 1 saturated heterocycles. The Kier molecular flexibility index (Phi) is 5.21. The molecule has 4 nitrogen and oxygen atoms in total. The van der Waals surface area contributed by atoms with Crippen molar-refractivity contribution in [1.82, 2.24) is 10.2 Å². The second kappa shape index (κ2) is 7.12. The number of benzene rings is 1. The molecular weight excluding hydrogens is 262 g/mol. The molecule has 1 aliphatic rings. The predicted octanol–water partition coefficient (Wildman–Crippen LogP) is 3.26. The van der Waals surface area contributed by atoms with E-state index in [1.807, 2.05) is 11.8 Å². The maximum Gasteiger partial charge on any atom is 0.317 e. The van der Waals surface area contributed by atoms with Crippen molar-refractivity contribution in [3.05, 3.63) is 35.4 Å². The lowest BCUT2D eigenvalue weighted by Crippen LogP contribution is -2.45. The van der Waals surface area contributed by atoms with Crippen LogP contribution in [0.4, 0.5) is 4.79 Å². The summed E-state index contributed by atoms with van der Waals surface area (Å²) in [5.74, 6) is 0.105. The monoisotopic (exact) mass is 285 g/mol. The Morgan fingerprint density at radius 1 is 1.38 bits per heavy atom. The standard InChI is InChI=1S/C17H23N3O/c1-3-14-4-6-16(7-5-14)13(2)19-17(21)20-10-8-15(12-18)9-11-20/h4-7,13,15H,3,8-11H2,1-2H3,(H,19,21). The topological polar surface area (TPSA) is 56.1 Å². The Labute approximate surface area is 126 Å². The molecule has 0 spiro atoms. The van der Waals surface area contributed by atoms with E-state index in [4.69, 9.17) is 5.26 Å². The highest BCUT2D eigenvalue weighted by Crippen LogP contribution is 2.18. The maximum absolute atomic E-state index is 12.2. The van der Waals surface area contributed by atoms with Gasteiger partial charge in [-0.3, -0.25) is 0 Å². The van der Waals surface area contributed by atoms with Crippen LogP contribution in [0.2, 0.25) is 0 Å². The van der Waals surface area contributed by atoms with E-state index in [-0.39, 0.29) is 18.0 Å². The molecule has 21 heavy (non-hydrogen) atoms. The molecule has 1 fully saturated rings. The normalized spacial score (nSPS) is 17.1. The van der Waals surface area contributed by atoms with Gasteiger partial charge in [-0.15, -0.1) is 0 Å². The highest BCUT2D eigenvalue weighted by atomic mass is 16.2. The van der Waals surface area contributed by atoms with Gasteiger partial charge in [0.1, 0.15) is 0 Å². The van der Waals surface area contributed by atoms with Gasteiger partial charge < -0.3 is 10.2 Å². The third-order valence-electron chi connectivity index (χ3n) is 4.19. The van der Waals surface area contributed by atoms with E-state index in [0.717, 1.165) is 24.8 Å². The molecular formula is C17H23N3O. The molecule has 1 N–H and O–H groups in total.